The molecule has 0 spiro atoms. The van der Waals surface area contributed by atoms with Gasteiger partial charge in [-0.05, 0) is 12.5 Å². The first-order valence-corrected chi connectivity index (χ1v) is 10.4. The van der Waals surface area contributed by atoms with E-state index in [9.17, 15) is 22.3 Å². The van der Waals surface area contributed by atoms with Crippen LogP contribution in [0.1, 0.15) is 29.9 Å². The maximum Gasteiger partial charge on any atom is 0.275 e. The molecule has 6 nitrogen and oxygen atoms in total. The fourth-order valence-electron chi connectivity index (χ4n) is 2.56. The monoisotopic (exact) mass is 522 g/mol. The van der Waals surface area contributed by atoms with Crippen molar-refractivity contribution in [2.75, 3.05) is 18.0 Å². The maximum atomic E-state index is 13.0. The summed E-state index contributed by atoms with van der Waals surface area (Å²) in [7, 11) is -3.10. The number of hydrogen-bond acceptors (Lipinski definition) is 6. The predicted octanol–water partition coefficient (Wildman–Crippen LogP) is 4.73. The number of ether oxygens (including phenoxy) is 1. The fourth-order valence-corrected chi connectivity index (χ4v) is 5.26. The van der Waals surface area contributed by atoms with Crippen LogP contribution in [0.5, 0.6) is 5.19 Å². The smallest absolute Gasteiger partial charge is 0.275 e. The number of anilines is 1. The molecule has 0 aliphatic carbocycles. The second-order valence-electron chi connectivity index (χ2n) is 5.26. The van der Waals surface area contributed by atoms with E-state index in [2.05, 4.69) is 4.98 Å². The van der Waals surface area contributed by atoms with Gasteiger partial charge in [-0.15, -0.1) is 0 Å². The van der Waals surface area contributed by atoms with E-state index in [1.807, 2.05) is 13.8 Å². The van der Waals surface area contributed by atoms with Crippen molar-refractivity contribution < 1.29 is 59.8 Å². The minimum absolute atomic E-state index is 0. The van der Waals surface area contributed by atoms with Gasteiger partial charge in [0.2, 0.25) is 0 Å². The van der Waals surface area contributed by atoms with Crippen molar-refractivity contribution in [3.63, 3.8) is 0 Å². The summed E-state index contributed by atoms with van der Waals surface area (Å²) in [5.74, 6) is -0.771. The zero-order chi connectivity index (χ0) is 20.4. The third kappa shape index (κ3) is 5.34. The SMILES string of the molecule is CC.COc1nc2c(s1)C(O)=C(c1ccccc1C)S(=O)(=O)N2CC(F)F.[CH3-].[Y]. The standard InChI is InChI=1S/C15H14F2N2O4S2.C2H6.CH3.Y/c1-8-5-3-4-6-9(8)13-11(20)12-14(18-15(23-2)24-12)19(7-10(16)17)25(13,21)22;1-2;;/h3-6,10,20H,7H2,1-2H3;1-2H3;1H3;/q;;-1;. The summed E-state index contributed by atoms with van der Waals surface area (Å²) in [6.45, 7) is 4.61. The summed E-state index contributed by atoms with van der Waals surface area (Å²) >= 11 is 0.887. The molecule has 0 bridgehead atoms. The molecule has 0 saturated heterocycles. The van der Waals surface area contributed by atoms with Gasteiger partial charge < -0.3 is 17.3 Å². The van der Waals surface area contributed by atoms with Crippen molar-refractivity contribution in [3.8, 4) is 5.19 Å². The molecular formula is C18H23F2N2O4S2Y-. The Morgan fingerprint density at radius 1 is 1.28 bits per heavy atom. The topological polar surface area (TPSA) is 79.7 Å². The Morgan fingerprint density at radius 2 is 1.86 bits per heavy atom. The minimum atomic E-state index is -4.42. The third-order valence-electron chi connectivity index (χ3n) is 3.67. The van der Waals surface area contributed by atoms with Crippen molar-refractivity contribution in [1.82, 2.24) is 4.98 Å². The molecule has 0 amide bonds. The van der Waals surface area contributed by atoms with E-state index in [1.165, 1.54) is 13.2 Å². The maximum absolute atomic E-state index is 13.0. The zero-order valence-corrected chi connectivity index (χ0v) is 21.3. The largest absolute Gasteiger partial charge is 0.505 e. The van der Waals surface area contributed by atoms with Crippen molar-refractivity contribution >= 4 is 37.8 Å². The number of fused-ring (bicyclic) bond motifs is 1. The van der Waals surface area contributed by atoms with Gasteiger partial charge in [0.25, 0.3) is 21.6 Å². The van der Waals surface area contributed by atoms with Gasteiger partial charge in [0.05, 0.1) is 13.7 Å². The summed E-state index contributed by atoms with van der Waals surface area (Å²) in [6, 6.07) is 6.51. The minimum Gasteiger partial charge on any atom is -0.505 e. The number of thiazole rings is 1. The number of nitrogens with zero attached hydrogens (tertiary/aromatic N) is 2. The molecule has 0 unspecified atom stereocenters. The Morgan fingerprint density at radius 3 is 2.38 bits per heavy atom. The Balaban J connectivity index is 0.00000190. The van der Waals surface area contributed by atoms with Crippen LogP contribution in [-0.4, -0.2) is 38.6 Å². The van der Waals surface area contributed by atoms with Crippen LogP contribution < -0.4 is 9.04 Å². The number of methoxy groups -OCH3 is 1. The van der Waals surface area contributed by atoms with Gasteiger partial charge in [-0.25, -0.2) is 21.5 Å². The summed E-state index contributed by atoms with van der Waals surface area (Å²) in [5.41, 5.74) is 0.835. The number of aliphatic hydroxyl groups excluding tert-OH is 1. The number of benzene rings is 1. The molecule has 1 N–H and O–H groups in total. The fraction of sp³-hybridized carbons (Fsp3) is 0.333. The van der Waals surface area contributed by atoms with E-state index in [0.717, 1.165) is 11.3 Å². The van der Waals surface area contributed by atoms with Crippen LogP contribution in [0, 0.1) is 14.4 Å². The molecule has 2 aromatic rings. The van der Waals surface area contributed by atoms with Crippen LogP contribution in [0.25, 0.3) is 10.7 Å². The van der Waals surface area contributed by atoms with Gasteiger partial charge >= 0.3 is 0 Å². The van der Waals surface area contributed by atoms with Gasteiger partial charge in [0.1, 0.15) is 9.78 Å². The molecule has 1 radical (unpaired) electrons. The van der Waals surface area contributed by atoms with Gasteiger partial charge in [0, 0.05) is 38.3 Å². The first-order chi connectivity index (χ1) is 12.8. The van der Waals surface area contributed by atoms with Gasteiger partial charge in [-0.1, -0.05) is 49.4 Å². The van der Waals surface area contributed by atoms with Gasteiger partial charge in [-0.2, -0.15) is 4.98 Å². The number of alkyl halides is 2. The number of hydrogen-bond donors (Lipinski definition) is 1. The normalized spacial score (nSPS) is 14.2. The van der Waals surface area contributed by atoms with Gasteiger partial charge in [-0.3, -0.25) is 0 Å². The van der Waals surface area contributed by atoms with Crippen LogP contribution in [0.4, 0.5) is 14.6 Å². The van der Waals surface area contributed by atoms with Crippen LogP contribution in [0.3, 0.4) is 0 Å². The van der Waals surface area contributed by atoms with Crippen molar-refractivity contribution in [2.24, 2.45) is 0 Å². The summed E-state index contributed by atoms with van der Waals surface area (Å²) in [6.07, 6.45) is -2.91. The molecule has 2 heterocycles. The van der Waals surface area contributed by atoms with E-state index in [1.54, 1.807) is 25.1 Å². The molecule has 1 aliphatic rings. The number of aryl methyl sites for hydroxylation is 1. The van der Waals surface area contributed by atoms with E-state index in [0.29, 0.717) is 9.87 Å². The Kier molecular flexibility index (Phi) is 10.9. The summed E-state index contributed by atoms with van der Waals surface area (Å²) in [4.78, 5) is 3.58. The number of halogens is 2. The molecule has 0 saturated carbocycles. The Bertz CT molecular complexity index is 963. The first kappa shape index (κ1) is 27.9. The number of aliphatic hydroxyl groups is 1. The molecule has 0 atom stereocenters. The van der Waals surface area contributed by atoms with Crippen LogP contribution >= 0.6 is 11.3 Å². The van der Waals surface area contributed by atoms with E-state index < -0.39 is 33.7 Å². The second kappa shape index (κ2) is 11.3. The number of rotatable bonds is 4. The molecule has 1 aromatic carbocycles. The molecule has 3 rings (SSSR count). The van der Waals surface area contributed by atoms with Crippen LogP contribution in [-0.2, 0) is 42.7 Å². The summed E-state index contributed by atoms with van der Waals surface area (Å²) in [5, 5.41) is 10.7. The first-order valence-electron chi connectivity index (χ1n) is 8.12. The van der Waals surface area contributed by atoms with E-state index in [4.69, 9.17) is 4.74 Å². The molecule has 0 fully saturated rings. The number of sulfonamides is 1. The van der Waals surface area contributed by atoms with Gasteiger partial charge in [0.15, 0.2) is 11.6 Å². The average Bonchev–Trinajstić information content (AvgIpc) is 3.06. The average molecular weight is 522 g/mol. The van der Waals surface area contributed by atoms with Crippen LogP contribution in [0.15, 0.2) is 24.3 Å². The second-order valence-corrected chi connectivity index (χ2v) is 8.02. The van der Waals surface area contributed by atoms with Crippen LogP contribution in [0.2, 0.25) is 0 Å². The quantitative estimate of drug-likeness (QED) is 0.588. The predicted molar refractivity (Wildman–Crippen MR) is 109 cm³/mol. The zero-order valence-electron chi connectivity index (χ0n) is 16.8. The van der Waals surface area contributed by atoms with E-state index >= 15 is 0 Å². The Labute approximate surface area is 199 Å². The van der Waals surface area contributed by atoms with Crippen molar-refractivity contribution in [1.29, 1.82) is 0 Å². The molecule has 1 aliphatic heterocycles. The molecule has 1 aromatic heterocycles. The van der Waals surface area contributed by atoms with Crippen molar-refractivity contribution in [3.05, 3.63) is 47.7 Å². The van der Waals surface area contributed by atoms with Crippen molar-refractivity contribution in [2.45, 2.75) is 27.2 Å². The summed E-state index contributed by atoms with van der Waals surface area (Å²) < 4.78 is 57.5. The molecule has 29 heavy (non-hydrogen) atoms. The molecular weight excluding hydrogens is 499 g/mol. The number of aromatic nitrogens is 1. The molecule has 159 valence electrons. The Hall–Kier alpha value is -1.10. The third-order valence-corrected chi connectivity index (χ3v) is 6.52. The van der Waals surface area contributed by atoms with E-state index in [-0.39, 0.29) is 61.6 Å². The molecule has 11 heteroatoms.